The fraction of sp³-hybridized carbons (Fsp3) is 0.381. The minimum absolute atomic E-state index is 0.0488. The van der Waals surface area contributed by atoms with Gasteiger partial charge in [-0.15, -0.1) is 0 Å². The molecule has 0 saturated carbocycles. The van der Waals surface area contributed by atoms with Crippen molar-refractivity contribution in [2.24, 2.45) is 5.41 Å². The number of nitro groups is 1. The molecule has 2 aromatic carbocycles. The normalized spacial score (nSPS) is 12.3. The van der Waals surface area contributed by atoms with Crippen molar-refractivity contribution in [3.8, 4) is 5.75 Å². The van der Waals surface area contributed by atoms with Crippen molar-refractivity contribution in [3.05, 3.63) is 69.8 Å². The molecule has 0 spiro atoms. The average Bonchev–Trinajstić information content (AvgIpc) is 2.64. The summed E-state index contributed by atoms with van der Waals surface area (Å²) in [6.45, 7) is 6.06. The van der Waals surface area contributed by atoms with E-state index in [0.29, 0.717) is 12.0 Å². The zero-order chi connectivity index (χ0) is 20.9. The molecule has 1 atom stereocenters. The maximum absolute atomic E-state index is 12.1. The second-order valence-electron chi connectivity index (χ2n) is 7.69. The summed E-state index contributed by atoms with van der Waals surface area (Å²) in [6.07, 6.45) is -0.530. The van der Waals surface area contributed by atoms with Crippen molar-refractivity contribution in [2.45, 2.75) is 33.2 Å². The summed E-state index contributed by atoms with van der Waals surface area (Å²) in [6, 6.07) is 13.1. The highest BCUT2D eigenvalue weighted by Crippen LogP contribution is 2.39. The molecule has 7 heteroatoms. The molecule has 2 rings (SSSR count). The number of non-ortho nitro benzene ring substituents is 1. The lowest BCUT2D eigenvalue weighted by Crippen LogP contribution is -2.41. The average molecular weight is 386 g/mol. The molecule has 0 aromatic heterocycles. The summed E-state index contributed by atoms with van der Waals surface area (Å²) in [5.74, 6) is 0.739. The van der Waals surface area contributed by atoms with E-state index in [1.807, 2.05) is 45.0 Å². The molecule has 0 fully saturated rings. The molecule has 0 aliphatic rings. The third kappa shape index (κ3) is 5.22. The number of carboxylic acid groups (broad SMARTS) is 1. The molecule has 1 N–H and O–H groups in total. The molecule has 7 nitrogen and oxygen atoms in total. The van der Waals surface area contributed by atoms with Gasteiger partial charge in [-0.25, -0.2) is 4.79 Å². The minimum Gasteiger partial charge on any atom is -0.497 e. The molecule has 0 bridgehead atoms. The van der Waals surface area contributed by atoms with Gasteiger partial charge in [0.05, 0.1) is 18.1 Å². The highest BCUT2D eigenvalue weighted by molar-refractivity contribution is 5.66. The molecule has 0 saturated heterocycles. The number of benzene rings is 2. The molecule has 1 amide bonds. The van der Waals surface area contributed by atoms with Crippen LogP contribution < -0.4 is 4.74 Å². The molecule has 2 aromatic rings. The summed E-state index contributed by atoms with van der Waals surface area (Å²) in [4.78, 5) is 24.1. The lowest BCUT2D eigenvalue weighted by Gasteiger charge is -2.39. The Morgan fingerprint density at radius 2 is 1.86 bits per heavy atom. The van der Waals surface area contributed by atoms with Crippen molar-refractivity contribution in [2.75, 3.05) is 13.7 Å². The van der Waals surface area contributed by atoms with E-state index in [-0.39, 0.29) is 12.2 Å². The number of hydrogen-bond acceptors (Lipinski definition) is 4. The number of nitro benzene ring substituents is 1. The monoisotopic (exact) mass is 386 g/mol. The lowest BCUT2D eigenvalue weighted by atomic mass is 9.81. The van der Waals surface area contributed by atoms with Gasteiger partial charge < -0.3 is 14.7 Å². The van der Waals surface area contributed by atoms with Crippen LogP contribution in [0.5, 0.6) is 5.75 Å². The Labute approximate surface area is 164 Å². The van der Waals surface area contributed by atoms with Crippen LogP contribution in [0.15, 0.2) is 48.5 Å². The van der Waals surface area contributed by atoms with Crippen LogP contribution in [-0.2, 0) is 6.42 Å². The highest BCUT2D eigenvalue weighted by Gasteiger charge is 2.35. The van der Waals surface area contributed by atoms with Gasteiger partial charge in [0.2, 0.25) is 0 Å². The van der Waals surface area contributed by atoms with Crippen LogP contribution in [0.2, 0.25) is 0 Å². The SMILES string of the molecule is COc1ccc(CCN(C(=O)O)C(c2cccc([N+](=O)[O-])c2)C(C)(C)C)cc1. The van der Waals surface area contributed by atoms with Gasteiger partial charge in [-0.1, -0.05) is 45.0 Å². The molecule has 150 valence electrons. The maximum Gasteiger partial charge on any atom is 0.407 e. The number of carbonyl (C=O) groups is 1. The van der Waals surface area contributed by atoms with E-state index in [1.54, 1.807) is 19.2 Å². The zero-order valence-electron chi connectivity index (χ0n) is 16.6. The highest BCUT2D eigenvalue weighted by atomic mass is 16.6. The Morgan fingerprint density at radius 3 is 2.36 bits per heavy atom. The summed E-state index contributed by atoms with van der Waals surface area (Å²) in [5, 5.41) is 21.0. The number of nitrogens with zero attached hydrogens (tertiary/aromatic N) is 2. The van der Waals surface area contributed by atoms with Crippen molar-refractivity contribution in [1.82, 2.24) is 4.90 Å². The van der Waals surface area contributed by atoms with E-state index in [2.05, 4.69) is 0 Å². The quantitative estimate of drug-likeness (QED) is 0.539. The first-order chi connectivity index (χ1) is 13.1. The molecule has 1 unspecified atom stereocenters. The van der Waals surface area contributed by atoms with Crippen LogP contribution in [0.4, 0.5) is 10.5 Å². The van der Waals surface area contributed by atoms with Gasteiger partial charge in [0.25, 0.3) is 5.69 Å². The van der Waals surface area contributed by atoms with Crippen LogP contribution in [-0.4, -0.2) is 34.7 Å². The summed E-state index contributed by atoms with van der Waals surface area (Å²) >= 11 is 0. The third-order valence-electron chi connectivity index (χ3n) is 4.57. The molecular weight excluding hydrogens is 360 g/mol. The van der Waals surface area contributed by atoms with Crippen LogP contribution >= 0.6 is 0 Å². The van der Waals surface area contributed by atoms with Crippen molar-refractivity contribution in [1.29, 1.82) is 0 Å². The largest absolute Gasteiger partial charge is 0.497 e. The molecule has 0 radical (unpaired) electrons. The van der Waals surface area contributed by atoms with Crippen LogP contribution in [0, 0.1) is 15.5 Å². The van der Waals surface area contributed by atoms with E-state index in [1.165, 1.54) is 17.0 Å². The second kappa shape index (κ2) is 8.73. The van der Waals surface area contributed by atoms with E-state index in [9.17, 15) is 20.0 Å². The van der Waals surface area contributed by atoms with Gasteiger partial charge in [-0.3, -0.25) is 10.1 Å². The fourth-order valence-electron chi connectivity index (χ4n) is 3.33. The number of rotatable bonds is 7. The van der Waals surface area contributed by atoms with E-state index in [0.717, 1.165) is 11.3 Å². The Balaban J connectivity index is 2.33. The summed E-state index contributed by atoms with van der Waals surface area (Å²) in [7, 11) is 1.59. The predicted molar refractivity (Wildman–Crippen MR) is 107 cm³/mol. The second-order valence-corrected chi connectivity index (χ2v) is 7.69. The van der Waals surface area contributed by atoms with Crippen molar-refractivity contribution in [3.63, 3.8) is 0 Å². The molecule has 0 heterocycles. The number of ether oxygens (including phenoxy) is 1. The van der Waals surface area contributed by atoms with Gasteiger partial charge in [0.15, 0.2) is 0 Å². The number of amides is 1. The smallest absolute Gasteiger partial charge is 0.407 e. The van der Waals surface area contributed by atoms with E-state index in [4.69, 9.17) is 4.74 Å². The van der Waals surface area contributed by atoms with Gasteiger partial charge in [-0.05, 0) is 35.1 Å². The first-order valence-electron chi connectivity index (χ1n) is 9.00. The number of hydrogen-bond donors (Lipinski definition) is 1. The van der Waals surface area contributed by atoms with Crippen LogP contribution in [0.3, 0.4) is 0 Å². The van der Waals surface area contributed by atoms with Gasteiger partial charge >= 0.3 is 6.09 Å². The third-order valence-corrected chi connectivity index (χ3v) is 4.57. The first-order valence-corrected chi connectivity index (χ1v) is 9.00. The maximum atomic E-state index is 12.1. The van der Waals surface area contributed by atoms with Crippen LogP contribution in [0.25, 0.3) is 0 Å². The van der Waals surface area contributed by atoms with Gasteiger partial charge in [0.1, 0.15) is 5.75 Å². The molecule has 0 aliphatic carbocycles. The van der Waals surface area contributed by atoms with Crippen LogP contribution in [0.1, 0.15) is 37.9 Å². The summed E-state index contributed by atoms with van der Waals surface area (Å²) in [5.41, 5.74) is 1.10. The van der Waals surface area contributed by atoms with Crippen molar-refractivity contribution >= 4 is 11.8 Å². The van der Waals surface area contributed by atoms with E-state index < -0.39 is 22.5 Å². The first kappa shape index (κ1) is 21.2. The fourth-order valence-corrected chi connectivity index (χ4v) is 3.33. The van der Waals surface area contributed by atoms with Gasteiger partial charge in [-0.2, -0.15) is 0 Å². The topological polar surface area (TPSA) is 92.9 Å². The minimum atomic E-state index is -1.06. The Kier molecular flexibility index (Phi) is 6.62. The molecule has 28 heavy (non-hydrogen) atoms. The summed E-state index contributed by atoms with van der Waals surface area (Å²) < 4.78 is 5.14. The standard InChI is InChI=1S/C21H26N2O5/c1-21(2,3)19(16-6-5-7-17(14-16)23(26)27)22(20(24)25)13-12-15-8-10-18(28-4)11-9-15/h5-11,14,19H,12-13H2,1-4H3,(H,24,25). The van der Waals surface area contributed by atoms with Gasteiger partial charge in [0, 0.05) is 18.7 Å². The van der Waals surface area contributed by atoms with E-state index >= 15 is 0 Å². The molecular formula is C21H26N2O5. The molecule has 0 aliphatic heterocycles. The Bertz CT molecular complexity index is 827. The Morgan fingerprint density at radius 1 is 1.21 bits per heavy atom. The number of methoxy groups -OCH3 is 1. The Hall–Kier alpha value is -3.09. The van der Waals surface area contributed by atoms with Crippen molar-refractivity contribution < 1.29 is 19.6 Å². The zero-order valence-corrected chi connectivity index (χ0v) is 16.6. The lowest BCUT2D eigenvalue weighted by molar-refractivity contribution is -0.385. The predicted octanol–water partition coefficient (Wildman–Crippen LogP) is 4.91.